The molecule has 4 rings (SSSR count). The van der Waals surface area contributed by atoms with E-state index in [2.05, 4.69) is 31.6 Å². The third-order valence-corrected chi connectivity index (χ3v) is 9.34. The van der Waals surface area contributed by atoms with Crippen LogP contribution in [0, 0.1) is 5.92 Å². The van der Waals surface area contributed by atoms with E-state index in [1.165, 1.54) is 13.8 Å². The Morgan fingerprint density at radius 1 is 1.00 bits per heavy atom. The van der Waals surface area contributed by atoms with E-state index in [1.807, 2.05) is 38.1 Å². The van der Waals surface area contributed by atoms with Crippen LogP contribution in [0.5, 0.6) is 0 Å². The van der Waals surface area contributed by atoms with E-state index < -0.39 is 77.9 Å². The molecule has 1 aromatic heterocycles. The molecule has 2 aromatic rings. The number of benzene rings is 1. The molecule has 48 heavy (non-hydrogen) atoms. The van der Waals surface area contributed by atoms with E-state index in [0.717, 1.165) is 17.1 Å². The Kier molecular flexibility index (Phi) is 12.5. The van der Waals surface area contributed by atoms with Gasteiger partial charge in [0.15, 0.2) is 0 Å². The van der Waals surface area contributed by atoms with Gasteiger partial charge in [-0.1, -0.05) is 32.0 Å². The average molecular weight is 689 g/mol. The number of rotatable bonds is 6. The van der Waals surface area contributed by atoms with Crippen LogP contribution in [0.1, 0.15) is 52.5 Å². The van der Waals surface area contributed by atoms with Crippen LogP contribution in [0.2, 0.25) is 0 Å². The molecule has 3 heterocycles. The smallest absolute Gasteiger partial charge is 0.327 e. The van der Waals surface area contributed by atoms with E-state index in [1.54, 1.807) is 0 Å². The molecule has 0 spiro atoms. The Morgan fingerprint density at radius 2 is 1.73 bits per heavy atom. The number of aliphatic carboxylic acids is 1. The maximum atomic E-state index is 14.0. The molecule has 0 radical (unpaired) electrons. The SMILES string of the molecule is CC(C)C[C@@H]1NC(=O)[C@@H](NC(=O)[C@H]2CCCO2)Cc2c([nH]c3ccccc23)SC[C@@H](C(=O)O)NC(=O)[C@H]([C@@H](C)O)NC(=O)[C@@H](C)NC1=O. The van der Waals surface area contributed by atoms with E-state index in [9.17, 15) is 39.0 Å². The lowest BCUT2D eigenvalue weighted by Gasteiger charge is -2.27. The largest absolute Gasteiger partial charge is 0.480 e. The minimum Gasteiger partial charge on any atom is -0.480 e. The zero-order valence-electron chi connectivity index (χ0n) is 27.3. The number of H-pyrrole nitrogens is 1. The van der Waals surface area contributed by atoms with Crippen LogP contribution in [0.15, 0.2) is 29.3 Å². The summed E-state index contributed by atoms with van der Waals surface area (Å²) < 4.78 is 5.55. The normalized spacial score (nSPS) is 27.1. The average Bonchev–Trinajstić information content (AvgIpc) is 3.68. The second-order valence-electron chi connectivity index (χ2n) is 12.6. The number of fused-ring (bicyclic) bond motifs is 3. The molecular weight excluding hydrogens is 644 g/mol. The Hall–Kier alpha value is -4.15. The molecular formula is C32H44N6O9S. The standard InChI is InChI=1S/C32H44N6O9S/c1-15(2)12-21-27(41)33-16(3)26(40)38-25(17(4)39)30(44)36-23(32(45)46)14-48-31-19(18-8-5-6-9-20(18)37-31)13-22(28(42)34-21)35-29(43)24-10-7-11-47-24/h5-6,8-9,15-17,21-25,37,39H,7,10-14H2,1-4H3,(H,33,41)(H,34,42)(H,35,43)(H,36,44)(H,38,40)(H,45,46)/t16-,17-,21+,22+,23+,24-,25+/m1/s1. The Labute approximate surface area is 282 Å². The zero-order chi connectivity index (χ0) is 35.1. The minimum atomic E-state index is -1.52. The first-order valence-corrected chi connectivity index (χ1v) is 17.0. The number of carboxylic acid groups (broad SMARTS) is 1. The molecule has 1 fully saturated rings. The molecule has 1 saturated heterocycles. The number of hydrogen-bond donors (Lipinski definition) is 8. The predicted octanol–water partition coefficient (Wildman–Crippen LogP) is -0.0495. The van der Waals surface area contributed by atoms with Gasteiger partial charge >= 0.3 is 5.97 Å². The van der Waals surface area contributed by atoms with Crippen molar-refractivity contribution in [1.29, 1.82) is 0 Å². The summed E-state index contributed by atoms with van der Waals surface area (Å²) in [4.78, 5) is 82.5. The summed E-state index contributed by atoms with van der Waals surface area (Å²) in [5, 5.41) is 34.4. The second kappa shape index (κ2) is 16.3. The molecule has 7 atom stereocenters. The van der Waals surface area contributed by atoms with Crippen molar-refractivity contribution in [3.8, 4) is 0 Å². The fraction of sp³-hybridized carbons (Fsp3) is 0.562. The number of carbonyl (C=O) groups excluding carboxylic acids is 5. The highest BCUT2D eigenvalue weighted by Gasteiger charge is 2.35. The number of amides is 5. The number of aliphatic hydroxyl groups excluding tert-OH is 1. The number of para-hydroxylation sites is 1. The van der Waals surface area contributed by atoms with Crippen molar-refractivity contribution in [3.63, 3.8) is 0 Å². The monoisotopic (exact) mass is 688 g/mol. The summed E-state index contributed by atoms with van der Waals surface area (Å²) in [7, 11) is 0. The zero-order valence-corrected chi connectivity index (χ0v) is 28.1. The van der Waals surface area contributed by atoms with Gasteiger partial charge in [-0.15, -0.1) is 11.8 Å². The molecule has 0 bridgehead atoms. The van der Waals surface area contributed by atoms with Crippen molar-refractivity contribution in [2.24, 2.45) is 5.92 Å². The predicted molar refractivity (Wildman–Crippen MR) is 176 cm³/mol. The van der Waals surface area contributed by atoms with Crippen LogP contribution in [0.4, 0.5) is 0 Å². The molecule has 0 unspecified atom stereocenters. The lowest BCUT2D eigenvalue weighted by atomic mass is 10.00. The summed E-state index contributed by atoms with van der Waals surface area (Å²) in [5.41, 5.74) is 1.32. The Bertz CT molecular complexity index is 1520. The van der Waals surface area contributed by atoms with E-state index >= 15 is 0 Å². The molecule has 2 aliphatic heterocycles. The van der Waals surface area contributed by atoms with E-state index in [-0.39, 0.29) is 24.5 Å². The van der Waals surface area contributed by atoms with Crippen molar-refractivity contribution in [2.75, 3.05) is 12.4 Å². The van der Waals surface area contributed by atoms with Gasteiger partial charge in [-0.2, -0.15) is 0 Å². The van der Waals surface area contributed by atoms with E-state index in [0.29, 0.717) is 35.6 Å². The van der Waals surface area contributed by atoms with Crippen LogP contribution in [0.25, 0.3) is 10.9 Å². The summed E-state index contributed by atoms with van der Waals surface area (Å²) in [6, 6.07) is 0.848. The van der Waals surface area contributed by atoms with Gasteiger partial charge in [-0.3, -0.25) is 24.0 Å². The highest BCUT2D eigenvalue weighted by molar-refractivity contribution is 7.99. The Morgan fingerprint density at radius 3 is 2.38 bits per heavy atom. The fourth-order valence-electron chi connectivity index (χ4n) is 5.60. The van der Waals surface area contributed by atoms with Crippen LogP contribution in [-0.2, 0) is 39.9 Å². The summed E-state index contributed by atoms with van der Waals surface area (Å²) >= 11 is 1.09. The van der Waals surface area contributed by atoms with Gasteiger partial charge in [0, 0.05) is 29.7 Å². The van der Waals surface area contributed by atoms with Crippen molar-refractivity contribution >= 4 is 58.2 Å². The molecule has 2 aliphatic rings. The van der Waals surface area contributed by atoms with Gasteiger partial charge in [0.2, 0.25) is 29.5 Å². The number of aromatic nitrogens is 1. The van der Waals surface area contributed by atoms with Gasteiger partial charge in [-0.25, -0.2) is 4.79 Å². The van der Waals surface area contributed by atoms with Gasteiger partial charge in [0.25, 0.3) is 0 Å². The number of thioether (sulfide) groups is 1. The number of carbonyl (C=O) groups is 6. The van der Waals surface area contributed by atoms with Crippen LogP contribution in [-0.4, -0.2) is 105 Å². The maximum Gasteiger partial charge on any atom is 0.327 e. The fourth-order valence-corrected chi connectivity index (χ4v) is 6.71. The number of nitrogens with one attached hydrogen (secondary N) is 6. The Balaban J connectivity index is 1.77. The van der Waals surface area contributed by atoms with Crippen molar-refractivity contribution in [2.45, 2.75) is 101 Å². The minimum absolute atomic E-state index is 0.0281. The van der Waals surface area contributed by atoms with Crippen molar-refractivity contribution < 1.29 is 43.7 Å². The molecule has 16 heteroatoms. The van der Waals surface area contributed by atoms with Crippen LogP contribution >= 0.6 is 11.8 Å². The number of ether oxygens (including phenoxy) is 1. The summed E-state index contributed by atoms with van der Waals surface area (Å²) in [6.07, 6.45) is -0.770. The summed E-state index contributed by atoms with van der Waals surface area (Å²) in [6.45, 7) is 6.78. The molecule has 0 saturated carbocycles. The topological polar surface area (TPSA) is 228 Å². The van der Waals surface area contributed by atoms with E-state index in [4.69, 9.17) is 4.74 Å². The van der Waals surface area contributed by atoms with Gasteiger partial charge < -0.3 is 46.5 Å². The highest BCUT2D eigenvalue weighted by Crippen LogP contribution is 2.31. The molecule has 1 aromatic carbocycles. The summed E-state index contributed by atoms with van der Waals surface area (Å²) in [5.74, 6) is -5.08. The van der Waals surface area contributed by atoms with Gasteiger partial charge in [-0.05, 0) is 50.7 Å². The van der Waals surface area contributed by atoms with Crippen molar-refractivity contribution in [1.82, 2.24) is 31.6 Å². The van der Waals surface area contributed by atoms with Crippen LogP contribution in [0.3, 0.4) is 0 Å². The number of hydrogen-bond acceptors (Lipinski definition) is 9. The first-order valence-electron chi connectivity index (χ1n) is 16.0. The third-order valence-electron chi connectivity index (χ3n) is 8.20. The number of aromatic amines is 1. The van der Waals surface area contributed by atoms with Gasteiger partial charge in [0.1, 0.15) is 36.3 Å². The highest BCUT2D eigenvalue weighted by atomic mass is 32.2. The number of carboxylic acids is 1. The maximum absolute atomic E-state index is 14.0. The number of aliphatic hydroxyl groups is 1. The first-order chi connectivity index (χ1) is 22.7. The molecule has 15 nitrogen and oxygen atoms in total. The lowest BCUT2D eigenvalue weighted by molar-refractivity contribution is -0.142. The molecule has 0 aliphatic carbocycles. The first kappa shape index (κ1) is 36.7. The molecule has 262 valence electrons. The van der Waals surface area contributed by atoms with Gasteiger partial charge in [0.05, 0.1) is 11.1 Å². The molecule has 5 amide bonds. The van der Waals surface area contributed by atoms with Crippen molar-refractivity contribution in [3.05, 3.63) is 29.8 Å². The lowest BCUT2D eigenvalue weighted by Crippen LogP contribution is -2.60. The quantitative estimate of drug-likeness (QED) is 0.202. The third kappa shape index (κ3) is 9.26. The second-order valence-corrected chi connectivity index (χ2v) is 13.6. The molecule has 8 N–H and O–H groups in total. The van der Waals surface area contributed by atoms with Crippen LogP contribution < -0.4 is 26.6 Å².